The Kier molecular flexibility index (Phi) is 7.36. The van der Waals surface area contributed by atoms with E-state index in [0.717, 1.165) is 16.8 Å². The van der Waals surface area contributed by atoms with Crippen molar-refractivity contribution < 1.29 is 19.4 Å². The number of benzene rings is 3. The Balaban J connectivity index is 1.47. The molecule has 1 aliphatic heterocycles. The largest absolute Gasteiger partial charge is 0.508 e. The van der Waals surface area contributed by atoms with Crippen molar-refractivity contribution in [2.24, 2.45) is 4.99 Å². The first-order chi connectivity index (χ1) is 16.3. The molecule has 0 fully saturated rings. The molecule has 0 bridgehead atoms. The van der Waals surface area contributed by atoms with Gasteiger partial charge in [0.05, 0.1) is 12.0 Å². The van der Waals surface area contributed by atoms with E-state index in [4.69, 9.17) is 32.7 Å². The van der Waals surface area contributed by atoms with Crippen LogP contribution >= 0.6 is 35.0 Å². The maximum Gasteiger partial charge on any atom is 0.286 e. The predicted octanol–water partition coefficient (Wildman–Crippen LogP) is 6.39. The summed E-state index contributed by atoms with van der Waals surface area (Å²) in [4.78, 5) is 18.9. The first-order valence-electron chi connectivity index (χ1n) is 10.1. The van der Waals surface area contributed by atoms with E-state index in [1.165, 1.54) is 11.8 Å². The molecule has 0 unspecified atom stereocenters. The molecule has 1 aliphatic rings. The van der Waals surface area contributed by atoms with Gasteiger partial charge in [0.25, 0.3) is 5.91 Å². The lowest BCUT2D eigenvalue weighted by Crippen LogP contribution is -2.21. The number of carbonyl (C=O) groups is 1. The number of hydrogen-bond acceptors (Lipinski definition) is 6. The summed E-state index contributed by atoms with van der Waals surface area (Å²) in [7, 11) is 3.37. The Hall–Kier alpha value is -3.13. The molecule has 0 saturated heterocycles. The van der Waals surface area contributed by atoms with Crippen molar-refractivity contribution in [3.8, 4) is 17.2 Å². The van der Waals surface area contributed by atoms with Crippen molar-refractivity contribution in [2.75, 3.05) is 19.1 Å². The molecule has 6 nitrogen and oxygen atoms in total. The van der Waals surface area contributed by atoms with Crippen molar-refractivity contribution in [1.29, 1.82) is 0 Å². The minimum atomic E-state index is -0.317. The molecule has 174 valence electrons. The summed E-state index contributed by atoms with van der Waals surface area (Å²) in [5.41, 5.74) is 2.38. The third kappa shape index (κ3) is 5.50. The number of thioether (sulfide) groups is 1. The van der Waals surface area contributed by atoms with E-state index in [1.807, 2.05) is 19.2 Å². The zero-order valence-electron chi connectivity index (χ0n) is 18.3. The van der Waals surface area contributed by atoms with Crippen LogP contribution in [0.4, 0.5) is 5.69 Å². The van der Waals surface area contributed by atoms with Gasteiger partial charge in [0.1, 0.15) is 12.4 Å². The fraction of sp³-hybridized carbons (Fsp3) is 0.120. The number of ether oxygens (including phenoxy) is 2. The third-order valence-corrected chi connectivity index (χ3v) is 6.66. The van der Waals surface area contributed by atoms with Gasteiger partial charge in [-0.15, -0.1) is 0 Å². The first-order valence-corrected chi connectivity index (χ1v) is 11.7. The molecule has 0 aliphatic carbocycles. The fourth-order valence-corrected chi connectivity index (χ4v) is 4.53. The molecule has 0 saturated carbocycles. The second-order valence-corrected chi connectivity index (χ2v) is 9.17. The van der Waals surface area contributed by atoms with Crippen molar-refractivity contribution in [2.45, 2.75) is 6.61 Å². The summed E-state index contributed by atoms with van der Waals surface area (Å²) in [5.74, 6) is 0.928. The highest BCUT2D eigenvalue weighted by Crippen LogP contribution is 2.35. The van der Waals surface area contributed by atoms with Gasteiger partial charge in [-0.3, -0.25) is 4.79 Å². The molecule has 4 rings (SSSR count). The van der Waals surface area contributed by atoms with Gasteiger partial charge in [0.2, 0.25) is 0 Å². The van der Waals surface area contributed by atoms with Crippen LogP contribution < -0.4 is 14.4 Å². The van der Waals surface area contributed by atoms with E-state index in [-0.39, 0.29) is 18.3 Å². The van der Waals surface area contributed by atoms with Gasteiger partial charge in [-0.25, -0.2) is 0 Å². The molecular formula is C25H20Cl2N2O4S. The van der Waals surface area contributed by atoms with Gasteiger partial charge < -0.3 is 19.5 Å². The second kappa shape index (κ2) is 10.4. The number of carbonyl (C=O) groups excluding carboxylic acids is 1. The lowest BCUT2D eigenvalue weighted by molar-refractivity contribution is -0.113. The van der Waals surface area contributed by atoms with Crippen LogP contribution in [0.2, 0.25) is 10.0 Å². The van der Waals surface area contributed by atoms with Crippen LogP contribution in [-0.4, -0.2) is 30.3 Å². The van der Waals surface area contributed by atoms with E-state index in [9.17, 15) is 9.90 Å². The van der Waals surface area contributed by atoms with Gasteiger partial charge in [-0.1, -0.05) is 35.3 Å². The Morgan fingerprint density at radius 2 is 1.82 bits per heavy atom. The molecule has 1 amide bonds. The number of phenols is 1. The van der Waals surface area contributed by atoms with Crippen LogP contribution in [0.15, 0.2) is 70.6 Å². The predicted molar refractivity (Wildman–Crippen MR) is 138 cm³/mol. The Bertz CT molecular complexity index is 1290. The van der Waals surface area contributed by atoms with E-state index >= 15 is 0 Å². The standard InChI is InChI=1S/C25H20Cl2N2O4S/c1-29(18-6-8-19(30)9-7-18)25-28-24(31)23(34-25)12-15-3-10-21(22(11-15)32-2)33-14-16-4-5-17(26)13-20(16)27/h3-13,30H,14H2,1-2H3/b23-12-. The molecule has 1 heterocycles. The third-order valence-electron chi connectivity index (χ3n) is 5.02. The average Bonchev–Trinajstić information content (AvgIpc) is 3.19. The van der Waals surface area contributed by atoms with Crippen molar-refractivity contribution in [3.63, 3.8) is 0 Å². The number of amides is 1. The van der Waals surface area contributed by atoms with Gasteiger partial charge in [0, 0.05) is 28.3 Å². The monoisotopic (exact) mass is 514 g/mol. The average molecular weight is 515 g/mol. The van der Waals surface area contributed by atoms with Crippen LogP contribution in [0, 0.1) is 0 Å². The van der Waals surface area contributed by atoms with Gasteiger partial charge in [-0.2, -0.15) is 4.99 Å². The zero-order valence-corrected chi connectivity index (χ0v) is 20.6. The molecule has 0 radical (unpaired) electrons. The number of aliphatic imine (C=N–C) groups is 1. The number of halogens is 2. The summed E-state index contributed by atoms with van der Waals surface area (Å²) >= 11 is 13.4. The smallest absolute Gasteiger partial charge is 0.286 e. The summed E-state index contributed by atoms with van der Waals surface area (Å²) in [6.07, 6.45) is 1.76. The number of aromatic hydroxyl groups is 1. The molecular weight excluding hydrogens is 495 g/mol. The van der Waals surface area contributed by atoms with Gasteiger partial charge >= 0.3 is 0 Å². The molecule has 1 N–H and O–H groups in total. The maximum atomic E-state index is 12.5. The number of rotatable bonds is 6. The van der Waals surface area contributed by atoms with Crippen LogP contribution in [-0.2, 0) is 11.4 Å². The minimum Gasteiger partial charge on any atom is -0.508 e. The molecule has 3 aromatic rings. The highest BCUT2D eigenvalue weighted by molar-refractivity contribution is 8.18. The highest BCUT2D eigenvalue weighted by Gasteiger charge is 2.25. The number of amidine groups is 1. The van der Waals surface area contributed by atoms with Crippen molar-refractivity contribution in [3.05, 3.63) is 86.7 Å². The number of anilines is 1. The topological polar surface area (TPSA) is 71.4 Å². The zero-order chi connectivity index (χ0) is 24.2. The second-order valence-electron chi connectivity index (χ2n) is 7.32. The lowest BCUT2D eigenvalue weighted by atomic mass is 10.2. The van der Waals surface area contributed by atoms with Gasteiger partial charge in [0.15, 0.2) is 16.7 Å². The number of phenolic OH excluding ortho intramolecular Hbond substituents is 1. The molecule has 34 heavy (non-hydrogen) atoms. The normalized spacial score (nSPS) is 14.3. The summed E-state index contributed by atoms with van der Waals surface area (Å²) < 4.78 is 11.4. The highest BCUT2D eigenvalue weighted by atomic mass is 35.5. The number of nitrogens with zero attached hydrogens (tertiary/aromatic N) is 2. The Morgan fingerprint density at radius 3 is 2.53 bits per heavy atom. The first kappa shape index (κ1) is 24.0. The molecule has 9 heteroatoms. The SMILES string of the molecule is COc1cc(/C=C2\SC(N(C)c3ccc(O)cc3)=NC2=O)ccc1OCc1ccc(Cl)cc1Cl. The van der Waals surface area contributed by atoms with Crippen LogP contribution in [0.3, 0.4) is 0 Å². The van der Waals surface area contributed by atoms with E-state index < -0.39 is 0 Å². The van der Waals surface area contributed by atoms with Crippen LogP contribution in [0.1, 0.15) is 11.1 Å². The summed E-state index contributed by atoms with van der Waals surface area (Å²) in [6.45, 7) is 0.252. The number of methoxy groups -OCH3 is 1. The van der Waals surface area contributed by atoms with Crippen LogP contribution in [0.25, 0.3) is 6.08 Å². The lowest BCUT2D eigenvalue weighted by Gasteiger charge is -2.17. The summed E-state index contributed by atoms with van der Waals surface area (Å²) in [5, 5.41) is 11.1. The van der Waals surface area contributed by atoms with Gasteiger partial charge in [-0.05, 0) is 71.9 Å². The van der Waals surface area contributed by atoms with E-state index in [1.54, 1.807) is 66.6 Å². The summed E-state index contributed by atoms with van der Waals surface area (Å²) in [6, 6.07) is 17.3. The van der Waals surface area contributed by atoms with Crippen molar-refractivity contribution >= 4 is 57.8 Å². The van der Waals surface area contributed by atoms with E-state index in [0.29, 0.717) is 31.6 Å². The molecule has 0 aromatic heterocycles. The maximum absolute atomic E-state index is 12.5. The molecule has 0 spiro atoms. The van der Waals surface area contributed by atoms with Crippen molar-refractivity contribution in [1.82, 2.24) is 0 Å². The minimum absolute atomic E-state index is 0.174. The molecule has 3 aromatic carbocycles. The van der Waals surface area contributed by atoms with E-state index in [2.05, 4.69) is 4.99 Å². The quantitative estimate of drug-likeness (QED) is 0.384. The Labute approximate surface area is 211 Å². The molecule has 0 atom stereocenters. The number of hydrogen-bond donors (Lipinski definition) is 1. The Morgan fingerprint density at radius 1 is 1.06 bits per heavy atom. The fourth-order valence-electron chi connectivity index (χ4n) is 3.17. The van der Waals surface area contributed by atoms with Crippen LogP contribution in [0.5, 0.6) is 17.2 Å².